The highest BCUT2D eigenvalue weighted by atomic mass is 32.1. The molecule has 0 unspecified atom stereocenters. The van der Waals surface area contributed by atoms with Crippen molar-refractivity contribution in [3.05, 3.63) is 86.4 Å². The predicted molar refractivity (Wildman–Crippen MR) is 125 cm³/mol. The van der Waals surface area contributed by atoms with E-state index in [1.807, 2.05) is 19.9 Å². The SMILES string of the molecule is CCOC(=O)c1nn(-c2ccccc2F)c(=O)c2c(NC(=O)c3ccc(C)c(C)c3)scc12. The molecule has 168 valence electrons. The van der Waals surface area contributed by atoms with Gasteiger partial charge in [-0.15, -0.1) is 11.3 Å². The maximum absolute atomic E-state index is 14.5. The number of nitrogens with one attached hydrogen (secondary N) is 1. The molecule has 0 saturated heterocycles. The fourth-order valence-electron chi connectivity index (χ4n) is 3.34. The summed E-state index contributed by atoms with van der Waals surface area (Å²) in [6.07, 6.45) is 0. The second kappa shape index (κ2) is 8.95. The van der Waals surface area contributed by atoms with Crippen LogP contribution in [0.1, 0.15) is 38.9 Å². The number of para-hydroxylation sites is 1. The van der Waals surface area contributed by atoms with Crippen LogP contribution < -0.4 is 10.9 Å². The maximum Gasteiger partial charge on any atom is 0.359 e. The number of nitrogens with zero attached hydrogens (tertiary/aromatic N) is 2. The summed E-state index contributed by atoms with van der Waals surface area (Å²) in [6, 6.07) is 10.9. The molecule has 2 aromatic carbocycles. The van der Waals surface area contributed by atoms with E-state index in [1.54, 1.807) is 30.5 Å². The zero-order valence-electron chi connectivity index (χ0n) is 18.1. The number of benzene rings is 2. The van der Waals surface area contributed by atoms with Crippen LogP contribution >= 0.6 is 11.3 Å². The maximum atomic E-state index is 14.5. The summed E-state index contributed by atoms with van der Waals surface area (Å²) in [5.41, 5.74) is 1.50. The van der Waals surface area contributed by atoms with Crippen LogP contribution in [0.25, 0.3) is 16.5 Å². The largest absolute Gasteiger partial charge is 0.461 e. The number of hydrogen-bond acceptors (Lipinski definition) is 6. The quantitative estimate of drug-likeness (QED) is 0.434. The molecule has 0 atom stereocenters. The predicted octanol–water partition coefficient (Wildman–Crippen LogP) is 4.63. The van der Waals surface area contributed by atoms with E-state index in [4.69, 9.17) is 4.74 Å². The Hall–Kier alpha value is -3.85. The molecule has 0 aliphatic heterocycles. The first kappa shape index (κ1) is 22.3. The van der Waals surface area contributed by atoms with Crippen molar-refractivity contribution in [2.75, 3.05) is 11.9 Å². The molecule has 0 aliphatic rings. The molecule has 2 heterocycles. The van der Waals surface area contributed by atoms with Gasteiger partial charge in [0.1, 0.15) is 16.5 Å². The number of aromatic nitrogens is 2. The van der Waals surface area contributed by atoms with Gasteiger partial charge in [-0.3, -0.25) is 9.59 Å². The van der Waals surface area contributed by atoms with Gasteiger partial charge in [-0.25, -0.2) is 9.18 Å². The van der Waals surface area contributed by atoms with Crippen LogP contribution in [-0.2, 0) is 4.74 Å². The number of esters is 1. The molecule has 0 radical (unpaired) electrons. The fourth-order valence-corrected chi connectivity index (χ4v) is 4.27. The monoisotopic (exact) mass is 465 g/mol. The summed E-state index contributed by atoms with van der Waals surface area (Å²) in [7, 11) is 0. The number of aryl methyl sites for hydroxylation is 2. The lowest BCUT2D eigenvalue weighted by atomic mass is 10.1. The standard InChI is InChI=1S/C24H20FN3O4S/c1-4-32-24(31)20-16-12-33-22(26-21(29)15-10-9-13(2)14(3)11-15)19(16)23(30)28(27-20)18-8-6-5-7-17(18)25/h5-12H,4H2,1-3H3,(H,26,29). The lowest BCUT2D eigenvalue weighted by molar-refractivity contribution is 0.0519. The number of hydrogen-bond donors (Lipinski definition) is 1. The van der Waals surface area contributed by atoms with Crippen molar-refractivity contribution in [3.8, 4) is 5.69 Å². The smallest absolute Gasteiger partial charge is 0.359 e. The molecule has 2 aromatic heterocycles. The molecule has 33 heavy (non-hydrogen) atoms. The first-order valence-electron chi connectivity index (χ1n) is 10.2. The van der Waals surface area contributed by atoms with Crippen LogP contribution in [0.3, 0.4) is 0 Å². The van der Waals surface area contributed by atoms with Gasteiger partial charge in [0, 0.05) is 16.3 Å². The van der Waals surface area contributed by atoms with Crippen LogP contribution in [0, 0.1) is 19.7 Å². The van der Waals surface area contributed by atoms with Gasteiger partial charge in [-0.05, 0) is 56.2 Å². The summed E-state index contributed by atoms with van der Waals surface area (Å²) in [6.45, 7) is 5.59. The third-order valence-electron chi connectivity index (χ3n) is 5.20. The summed E-state index contributed by atoms with van der Waals surface area (Å²) in [5, 5.41) is 8.93. The Labute approximate surface area is 192 Å². The number of thiophene rings is 1. The molecule has 0 spiro atoms. The van der Waals surface area contributed by atoms with Gasteiger partial charge in [0.2, 0.25) is 0 Å². The summed E-state index contributed by atoms with van der Waals surface area (Å²) in [4.78, 5) is 38.8. The molecule has 7 nitrogen and oxygen atoms in total. The van der Waals surface area contributed by atoms with Crippen molar-refractivity contribution in [1.82, 2.24) is 9.78 Å². The number of halogens is 1. The van der Waals surface area contributed by atoms with Crippen LogP contribution in [0.4, 0.5) is 9.39 Å². The van der Waals surface area contributed by atoms with Gasteiger partial charge in [0.05, 0.1) is 12.0 Å². The van der Waals surface area contributed by atoms with Crippen molar-refractivity contribution in [2.45, 2.75) is 20.8 Å². The average molecular weight is 466 g/mol. The minimum Gasteiger partial charge on any atom is -0.461 e. The van der Waals surface area contributed by atoms with Crippen LogP contribution in [0.5, 0.6) is 0 Å². The van der Waals surface area contributed by atoms with E-state index in [0.29, 0.717) is 5.56 Å². The van der Waals surface area contributed by atoms with Crippen LogP contribution in [-0.4, -0.2) is 28.3 Å². The van der Waals surface area contributed by atoms with Gasteiger partial charge in [0.25, 0.3) is 11.5 Å². The lowest BCUT2D eigenvalue weighted by Gasteiger charge is -2.10. The van der Waals surface area contributed by atoms with Gasteiger partial charge >= 0.3 is 5.97 Å². The first-order chi connectivity index (χ1) is 15.8. The third kappa shape index (κ3) is 4.14. The molecule has 4 rings (SSSR count). The molecule has 1 amide bonds. The number of carbonyl (C=O) groups excluding carboxylic acids is 2. The van der Waals surface area contributed by atoms with Crippen molar-refractivity contribution < 1.29 is 18.7 Å². The second-order valence-corrected chi connectivity index (χ2v) is 8.22. The van der Waals surface area contributed by atoms with Gasteiger partial charge < -0.3 is 10.1 Å². The number of fused-ring (bicyclic) bond motifs is 1. The van der Waals surface area contributed by atoms with E-state index < -0.39 is 23.3 Å². The Bertz CT molecular complexity index is 1460. The van der Waals surface area contributed by atoms with E-state index in [0.717, 1.165) is 27.1 Å². The minimum absolute atomic E-state index is 0.0542. The zero-order valence-corrected chi connectivity index (χ0v) is 19.0. The third-order valence-corrected chi connectivity index (χ3v) is 6.09. The van der Waals surface area contributed by atoms with E-state index >= 15 is 0 Å². The zero-order chi connectivity index (χ0) is 23.7. The fraction of sp³-hybridized carbons (Fsp3) is 0.167. The highest BCUT2D eigenvalue weighted by molar-refractivity contribution is 7.16. The molecule has 4 aromatic rings. The van der Waals surface area contributed by atoms with E-state index in [1.165, 1.54) is 18.2 Å². The number of anilines is 1. The van der Waals surface area contributed by atoms with Gasteiger partial charge in [0.15, 0.2) is 5.69 Å². The number of ether oxygens (including phenoxy) is 1. The van der Waals surface area contributed by atoms with Crippen LogP contribution in [0.2, 0.25) is 0 Å². The van der Waals surface area contributed by atoms with Crippen LogP contribution in [0.15, 0.2) is 52.6 Å². The summed E-state index contributed by atoms with van der Waals surface area (Å²) < 4.78 is 20.4. The Balaban J connectivity index is 1.89. The number of amides is 1. The number of carbonyl (C=O) groups is 2. The Morgan fingerprint density at radius 1 is 1.15 bits per heavy atom. The first-order valence-corrected chi connectivity index (χ1v) is 11.0. The number of rotatable bonds is 5. The van der Waals surface area contributed by atoms with E-state index in [9.17, 15) is 18.8 Å². The minimum atomic E-state index is -0.752. The molecule has 0 fully saturated rings. The molecule has 1 N–H and O–H groups in total. The Kier molecular flexibility index (Phi) is 6.06. The summed E-state index contributed by atoms with van der Waals surface area (Å²) in [5.74, 6) is -1.84. The highest BCUT2D eigenvalue weighted by Gasteiger charge is 2.24. The molecule has 9 heteroatoms. The van der Waals surface area contributed by atoms with Crippen molar-refractivity contribution >= 4 is 39.0 Å². The van der Waals surface area contributed by atoms with Gasteiger partial charge in [-0.2, -0.15) is 9.78 Å². The van der Waals surface area contributed by atoms with Crippen molar-refractivity contribution in [1.29, 1.82) is 0 Å². The molecule has 0 saturated carbocycles. The Morgan fingerprint density at radius 2 is 1.91 bits per heavy atom. The molecule has 0 bridgehead atoms. The topological polar surface area (TPSA) is 90.3 Å². The molecular weight excluding hydrogens is 445 g/mol. The average Bonchev–Trinajstić information content (AvgIpc) is 3.20. The second-order valence-electron chi connectivity index (χ2n) is 7.34. The molecule has 0 aliphatic carbocycles. The van der Waals surface area contributed by atoms with E-state index in [2.05, 4.69) is 10.4 Å². The molecular formula is C24H20FN3O4S. The normalized spacial score (nSPS) is 10.9. The summed E-state index contributed by atoms with van der Waals surface area (Å²) >= 11 is 1.08. The van der Waals surface area contributed by atoms with Crippen molar-refractivity contribution in [2.24, 2.45) is 0 Å². The van der Waals surface area contributed by atoms with Gasteiger partial charge in [-0.1, -0.05) is 18.2 Å². The lowest BCUT2D eigenvalue weighted by Crippen LogP contribution is -2.26. The van der Waals surface area contributed by atoms with E-state index in [-0.39, 0.29) is 33.8 Å². The van der Waals surface area contributed by atoms with Crippen molar-refractivity contribution in [3.63, 3.8) is 0 Å². The highest BCUT2D eigenvalue weighted by Crippen LogP contribution is 2.31. The Morgan fingerprint density at radius 3 is 2.61 bits per heavy atom.